The number of aromatic nitrogens is 4. The van der Waals surface area contributed by atoms with Crippen LogP contribution in [0.1, 0.15) is 24.6 Å². The molecule has 0 bridgehead atoms. The van der Waals surface area contributed by atoms with Crippen LogP contribution in [0.25, 0.3) is 4.83 Å². The zero-order chi connectivity index (χ0) is 30.3. The Hall–Kier alpha value is -3.70. The van der Waals surface area contributed by atoms with Gasteiger partial charge in [0.15, 0.2) is 5.13 Å². The third kappa shape index (κ3) is 5.67. The molecule has 0 spiro atoms. The van der Waals surface area contributed by atoms with Gasteiger partial charge < -0.3 is 21.0 Å². The van der Waals surface area contributed by atoms with Gasteiger partial charge in [-0.2, -0.15) is 26.9 Å². The van der Waals surface area contributed by atoms with Gasteiger partial charge in [-0.05, 0) is 6.92 Å². The second kappa shape index (κ2) is 11.5. The molecule has 42 heavy (non-hydrogen) atoms. The molecule has 5 heterocycles. The number of hydrogen-bond donors (Lipinski definition) is 5. The monoisotopic (exact) mass is 662 g/mol. The number of carbonyl (C=O) groups excluding carboxylic acids is 2. The largest absolute Gasteiger partial charge is 0.477 e. The van der Waals surface area contributed by atoms with E-state index < -0.39 is 58.1 Å². The first-order valence-corrected chi connectivity index (χ1v) is 15.8. The van der Waals surface area contributed by atoms with E-state index in [1.807, 2.05) is 0 Å². The molecule has 0 radical (unpaired) electrons. The predicted octanol–water partition coefficient (Wildman–Crippen LogP) is -0.738. The number of alkyl halides is 1. The number of carboxylic acid groups (broad SMARTS) is 1. The summed E-state index contributed by atoms with van der Waals surface area (Å²) in [5, 5.41) is 16.9. The van der Waals surface area contributed by atoms with Crippen molar-refractivity contribution in [3.8, 4) is 0 Å². The van der Waals surface area contributed by atoms with Crippen LogP contribution in [0.3, 0.4) is 0 Å². The van der Waals surface area contributed by atoms with E-state index in [1.165, 1.54) is 30.0 Å². The van der Waals surface area contributed by atoms with E-state index in [9.17, 15) is 36.9 Å². The van der Waals surface area contributed by atoms with Crippen molar-refractivity contribution in [1.29, 1.82) is 0 Å². The number of aliphatic carboxylic acids is 1. The average Bonchev–Trinajstić information content (AvgIpc) is 3.62. The lowest BCUT2D eigenvalue weighted by molar-refractivity contribution is -0.696. The van der Waals surface area contributed by atoms with Gasteiger partial charge in [0, 0.05) is 28.2 Å². The van der Waals surface area contributed by atoms with Crippen molar-refractivity contribution < 1.29 is 46.3 Å². The van der Waals surface area contributed by atoms with Crippen molar-refractivity contribution in [3.63, 3.8) is 0 Å². The standard InChI is InChI=1S/C20H20FN9O8S4/c1-8(27-42(35,36)37)16-28(5-10-29(16)2-3-39-10)4-9-6-40-18-12(17(32)30(18)13(9)19(33)34)23-15(31)11(25-38-7-21)14-24-20(22)41-26-14/h2-3,5,8,12,18,27H,4,6-7H2,1H3,(H4-,22,23,24,26,31,33,34,35,36,37)/p+1/b25-11-/t8-,12+,18+/m0/s1. The summed E-state index contributed by atoms with van der Waals surface area (Å²) in [5.41, 5.74) is 5.10. The molecule has 2 aliphatic heterocycles. The number of thiazole rings is 1. The van der Waals surface area contributed by atoms with Crippen LogP contribution < -0.4 is 20.3 Å². The lowest BCUT2D eigenvalue weighted by Gasteiger charge is -2.49. The molecule has 2 amide bonds. The molecule has 0 aliphatic carbocycles. The maximum atomic E-state index is 13.2. The Kier molecular flexibility index (Phi) is 8.17. The Morgan fingerprint density at radius 3 is 2.83 bits per heavy atom. The average molecular weight is 663 g/mol. The van der Waals surface area contributed by atoms with E-state index in [0.29, 0.717) is 11.4 Å². The zero-order valence-corrected chi connectivity index (χ0v) is 24.5. The number of amides is 2. The van der Waals surface area contributed by atoms with E-state index in [1.54, 1.807) is 26.7 Å². The summed E-state index contributed by atoms with van der Waals surface area (Å²) >= 11 is 3.31. The number of oxime groups is 1. The minimum atomic E-state index is -4.55. The Balaban J connectivity index is 1.40. The van der Waals surface area contributed by atoms with Crippen LogP contribution in [0.4, 0.5) is 9.52 Å². The number of nitrogens with one attached hydrogen (secondary N) is 2. The molecule has 0 aromatic carbocycles. The normalized spacial score (nSPS) is 19.9. The number of halogens is 1. The molecular formula is C20H21FN9O8S4+. The van der Waals surface area contributed by atoms with E-state index in [2.05, 4.69) is 29.4 Å². The highest BCUT2D eigenvalue weighted by Gasteiger charge is 2.55. The lowest BCUT2D eigenvalue weighted by Crippen LogP contribution is -2.71. The molecule has 2 aliphatic rings. The van der Waals surface area contributed by atoms with Crippen LogP contribution in [0.15, 0.2) is 34.2 Å². The van der Waals surface area contributed by atoms with Crippen LogP contribution in [0.2, 0.25) is 0 Å². The van der Waals surface area contributed by atoms with Gasteiger partial charge in [-0.1, -0.05) is 16.5 Å². The van der Waals surface area contributed by atoms with Crippen molar-refractivity contribution in [2.75, 3.05) is 18.3 Å². The fourth-order valence-electron chi connectivity index (χ4n) is 4.60. The highest BCUT2D eigenvalue weighted by Crippen LogP contribution is 2.40. The Bertz CT molecular complexity index is 1750. The number of imidazole rings is 1. The van der Waals surface area contributed by atoms with Crippen LogP contribution in [-0.2, 0) is 36.1 Å². The van der Waals surface area contributed by atoms with Crippen molar-refractivity contribution >= 4 is 78.4 Å². The molecule has 6 N–H and O–H groups in total. The van der Waals surface area contributed by atoms with E-state index >= 15 is 0 Å². The fourth-order valence-corrected chi connectivity index (χ4v) is 7.70. The number of β-lactam (4-membered cyclic amide) rings is 1. The van der Waals surface area contributed by atoms with E-state index in [4.69, 9.17) is 5.73 Å². The van der Waals surface area contributed by atoms with Gasteiger partial charge in [0.25, 0.3) is 24.5 Å². The summed E-state index contributed by atoms with van der Waals surface area (Å²) in [6.07, 6.45) is 3.40. The minimum absolute atomic E-state index is 0.00972. The van der Waals surface area contributed by atoms with Gasteiger partial charge in [0.05, 0.1) is 0 Å². The maximum Gasteiger partial charge on any atom is 0.352 e. The summed E-state index contributed by atoms with van der Waals surface area (Å²) in [4.78, 5) is 48.4. The molecule has 3 aromatic rings. The van der Waals surface area contributed by atoms with Crippen molar-refractivity contribution in [3.05, 3.63) is 40.7 Å². The Morgan fingerprint density at radius 1 is 1.43 bits per heavy atom. The highest BCUT2D eigenvalue weighted by molar-refractivity contribution is 8.00. The number of thioether (sulfide) groups is 1. The molecule has 1 fully saturated rings. The molecule has 3 aromatic heterocycles. The first kappa shape index (κ1) is 29.8. The number of nitrogens with zero attached hydrogens (tertiary/aromatic N) is 6. The molecule has 5 rings (SSSR count). The van der Waals surface area contributed by atoms with Gasteiger partial charge in [-0.25, -0.2) is 13.8 Å². The summed E-state index contributed by atoms with van der Waals surface area (Å²) in [6, 6.07) is -2.05. The summed E-state index contributed by atoms with van der Waals surface area (Å²) in [6.45, 7) is 0.155. The molecule has 22 heteroatoms. The van der Waals surface area contributed by atoms with Crippen molar-refractivity contribution in [2.24, 2.45) is 5.16 Å². The van der Waals surface area contributed by atoms with Gasteiger partial charge in [-0.3, -0.25) is 19.0 Å². The molecule has 1 saturated heterocycles. The van der Waals surface area contributed by atoms with Gasteiger partial charge in [-0.15, -0.1) is 11.8 Å². The number of fused-ring (bicyclic) bond motifs is 2. The Morgan fingerprint density at radius 2 is 2.19 bits per heavy atom. The van der Waals surface area contributed by atoms with Gasteiger partial charge in [0.1, 0.15) is 42.1 Å². The number of carboxylic acids is 1. The molecular weight excluding hydrogens is 642 g/mol. The predicted molar refractivity (Wildman–Crippen MR) is 146 cm³/mol. The number of anilines is 1. The molecule has 17 nitrogen and oxygen atoms in total. The second-order valence-electron chi connectivity index (χ2n) is 8.79. The zero-order valence-electron chi connectivity index (χ0n) is 21.2. The number of carbonyl (C=O) groups is 3. The molecule has 0 saturated carbocycles. The third-order valence-corrected chi connectivity index (χ3v) is 9.46. The fraction of sp³-hybridized carbons (Fsp3) is 0.350. The quantitative estimate of drug-likeness (QED) is 0.0562. The van der Waals surface area contributed by atoms with Crippen LogP contribution in [0, 0.1) is 0 Å². The molecule has 0 unspecified atom stereocenters. The molecule has 224 valence electrons. The van der Waals surface area contributed by atoms with Gasteiger partial charge in [0.2, 0.25) is 16.4 Å². The number of rotatable bonds is 11. The smallest absolute Gasteiger partial charge is 0.352 e. The second-order valence-corrected chi connectivity index (χ2v) is 12.8. The minimum Gasteiger partial charge on any atom is -0.477 e. The van der Waals surface area contributed by atoms with Crippen molar-refractivity contribution in [1.82, 2.24) is 28.7 Å². The highest BCUT2D eigenvalue weighted by atomic mass is 32.2. The van der Waals surface area contributed by atoms with Crippen LogP contribution in [-0.4, -0.2) is 84.3 Å². The topological polar surface area (TPSA) is 235 Å². The SMILES string of the molecule is C[C@H](NS(=O)(=O)O)c1n2ccsc2c[n+]1CC1=C(C(=O)O)N2C(=O)[C@@H](NC(=O)/C(=N\OCF)c3nsc(N)n3)[C@H]2SC1. The van der Waals surface area contributed by atoms with Gasteiger partial charge >= 0.3 is 16.3 Å². The number of nitrogens with two attached hydrogens (primary N) is 1. The van der Waals surface area contributed by atoms with Crippen LogP contribution in [0.5, 0.6) is 0 Å². The number of nitrogen functional groups attached to an aromatic ring is 1. The summed E-state index contributed by atoms with van der Waals surface area (Å²) in [7, 11) is -4.55. The first-order valence-electron chi connectivity index (χ1n) is 11.7. The Labute approximate surface area is 247 Å². The first-order chi connectivity index (χ1) is 19.9. The van der Waals surface area contributed by atoms with E-state index in [0.717, 1.165) is 21.3 Å². The number of hydrogen-bond acceptors (Lipinski definition) is 13. The summed E-state index contributed by atoms with van der Waals surface area (Å²) < 4.78 is 54.1. The molecule has 3 atom stereocenters. The van der Waals surface area contributed by atoms with Crippen molar-refractivity contribution in [2.45, 2.75) is 30.9 Å². The third-order valence-electron chi connectivity index (χ3n) is 6.13. The maximum absolute atomic E-state index is 13.2. The summed E-state index contributed by atoms with van der Waals surface area (Å²) in [5.74, 6) is -2.73. The van der Waals surface area contributed by atoms with Crippen LogP contribution >= 0.6 is 34.6 Å². The lowest BCUT2D eigenvalue weighted by atomic mass is 10.0. The van der Waals surface area contributed by atoms with E-state index in [-0.39, 0.29) is 29.0 Å².